The molecule has 2 amide bonds. The third kappa shape index (κ3) is 4.22. The van der Waals surface area contributed by atoms with Gasteiger partial charge in [0.15, 0.2) is 0 Å². The van der Waals surface area contributed by atoms with Gasteiger partial charge in [0, 0.05) is 25.7 Å². The number of aromatic nitrogens is 3. The van der Waals surface area contributed by atoms with Crippen molar-refractivity contribution in [1.29, 1.82) is 0 Å². The summed E-state index contributed by atoms with van der Waals surface area (Å²) >= 11 is 0. The lowest BCUT2D eigenvalue weighted by atomic mass is 9.72. The molecule has 6 rings (SSSR count). The number of hydrogen-bond donors (Lipinski definition) is 0. The van der Waals surface area contributed by atoms with E-state index >= 15 is 0 Å². The molecule has 7 nitrogen and oxygen atoms in total. The SMILES string of the molecule is CC(C)CN1C(=O)[C@@]2(CC(=O)N(C)C2c2ccccc2)c2cc(-n3cc(CCc4ccccc4)nn3)ccc21. The summed E-state index contributed by atoms with van der Waals surface area (Å²) in [6.45, 7) is 4.82. The number of benzene rings is 3. The Morgan fingerprint density at radius 1 is 0.949 bits per heavy atom. The first-order valence-corrected chi connectivity index (χ1v) is 13.6. The van der Waals surface area contributed by atoms with Gasteiger partial charge < -0.3 is 9.80 Å². The number of hydrogen-bond acceptors (Lipinski definition) is 4. The zero-order valence-electron chi connectivity index (χ0n) is 22.6. The van der Waals surface area contributed by atoms with Crippen LogP contribution in [0.25, 0.3) is 5.69 Å². The molecule has 0 radical (unpaired) electrons. The zero-order chi connectivity index (χ0) is 27.1. The van der Waals surface area contributed by atoms with Crippen molar-refractivity contribution in [2.75, 3.05) is 18.5 Å². The number of rotatable bonds is 7. The molecule has 0 N–H and O–H groups in total. The third-order valence-corrected chi connectivity index (χ3v) is 8.04. The van der Waals surface area contributed by atoms with E-state index in [0.29, 0.717) is 6.54 Å². The molecule has 0 saturated carbocycles. The van der Waals surface area contributed by atoms with Crippen LogP contribution in [-0.2, 0) is 27.8 Å². The van der Waals surface area contributed by atoms with E-state index < -0.39 is 5.41 Å². The summed E-state index contributed by atoms with van der Waals surface area (Å²) in [4.78, 5) is 31.3. The number of amides is 2. The number of likely N-dealkylation sites (N-methyl/N-ethyl adjacent to an activating group) is 1. The molecule has 2 aliphatic heterocycles. The van der Waals surface area contributed by atoms with E-state index in [2.05, 4.69) is 36.3 Å². The van der Waals surface area contributed by atoms with E-state index in [9.17, 15) is 9.59 Å². The van der Waals surface area contributed by atoms with Crippen molar-refractivity contribution in [2.45, 2.75) is 44.6 Å². The van der Waals surface area contributed by atoms with Crippen molar-refractivity contribution in [3.8, 4) is 5.69 Å². The molecule has 3 aromatic carbocycles. The molecule has 2 atom stereocenters. The van der Waals surface area contributed by atoms with Crippen LogP contribution in [0.5, 0.6) is 0 Å². The van der Waals surface area contributed by atoms with E-state index in [1.807, 2.05) is 84.9 Å². The maximum atomic E-state index is 14.4. The smallest absolute Gasteiger partial charge is 0.240 e. The van der Waals surface area contributed by atoms with Crippen LogP contribution in [0.3, 0.4) is 0 Å². The quantitative estimate of drug-likeness (QED) is 0.348. The summed E-state index contributed by atoms with van der Waals surface area (Å²) in [5.41, 5.74) is 4.74. The average Bonchev–Trinajstić information content (AvgIpc) is 3.59. The predicted octanol–water partition coefficient (Wildman–Crippen LogP) is 4.90. The number of fused-ring (bicyclic) bond motifs is 2. The molecule has 0 aliphatic carbocycles. The number of aryl methyl sites for hydroxylation is 2. The fraction of sp³-hybridized carbons (Fsp3) is 0.312. The van der Waals surface area contributed by atoms with Crippen LogP contribution in [0.1, 0.15) is 48.7 Å². The minimum atomic E-state index is -0.996. The highest BCUT2D eigenvalue weighted by Crippen LogP contribution is 2.57. The molecular weight excluding hydrogens is 486 g/mol. The van der Waals surface area contributed by atoms with E-state index in [0.717, 1.165) is 41.0 Å². The molecule has 1 fully saturated rings. The van der Waals surface area contributed by atoms with Gasteiger partial charge in [-0.05, 0) is 53.6 Å². The fourth-order valence-corrected chi connectivity index (χ4v) is 6.24. The highest BCUT2D eigenvalue weighted by Gasteiger charge is 2.62. The first-order valence-electron chi connectivity index (χ1n) is 13.6. The van der Waals surface area contributed by atoms with Gasteiger partial charge in [-0.3, -0.25) is 9.59 Å². The Balaban J connectivity index is 1.41. The van der Waals surface area contributed by atoms with Gasteiger partial charge >= 0.3 is 0 Å². The van der Waals surface area contributed by atoms with Gasteiger partial charge in [0.1, 0.15) is 5.41 Å². The van der Waals surface area contributed by atoms with Crippen molar-refractivity contribution in [3.63, 3.8) is 0 Å². The third-order valence-electron chi connectivity index (χ3n) is 8.04. The standard InChI is InChI=1S/C32H33N5O2/c1-22(2)20-36-28-17-16-26(37-21-25(33-34-37)15-14-23-10-6-4-7-11-23)18-27(28)32(31(36)39)19-29(38)35(3)30(32)24-12-8-5-9-13-24/h4-13,16-18,21-22,30H,14-15,19-20H2,1-3H3/t30?,32-/m0/s1. The van der Waals surface area contributed by atoms with Crippen molar-refractivity contribution in [3.05, 3.63) is 107 Å². The Bertz CT molecular complexity index is 1510. The first-order chi connectivity index (χ1) is 18.9. The number of likely N-dealkylation sites (tertiary alicyclic amines) is 1. The van der Waals surface area contributed by atoms with E-state index in [1.165, 1.54) is 5.56 Å². The molecule has 1 aromatic heterocycles. The fourth-order valence-electron chi connectivity index (χ4n) is 6.24. The van der Waals surface area contributed by atoms with Crippen molar-refractivity contribution in [1.82, 2.24) is 19.9 Å². The molecule has 4 aromatic rings. The largest absolute Gasteiger partial charge is 0.337 e. The van der Waals surface area contributed by atoms with Crippen molar-refractivity contribution in [2.24, 2.45) is 5.92 Å². The van der Waals surface area contributed by atoms with Crippen LogP contribution in [0.2, 0.25) is 0 Å². The van der Waals surface area contributed by atoms with E-state index in [1.54, 1.807) is 9.58 Å². The van der Waals surface area contributed by atoms with Crippen molar-refractivity contribution >= 4 is 17.5 Å². The minimum Gasteiger partial charge on any atom is -0.337 e. The van der Waals surface area contributed by atoms with Gasteiger partial charge in [0.2, 0.25) is 11.8 Å². The van der Waals surface area contributed by atoms with Crippen LogP contribution < -0.4 is 4.90 Å². The van der Waals surface area contributed by atoms with Crippen LogP contribution in [0, 0.1) is 5.92 Å². The summed E-state index contributed by atoms with van der Waals surface area (Å²) in [6, 6.07) is 25.9. The highest BCUT2D eigenvalue weighted by molar-refractivity contribution is 6.12. The molecule has 198 valence electrons. The Morgan fingerprint density at radius 2 is 1.67 bits per heavy atom. The second kappa shape index (κ2) is 9.80. The minimum absolute atomic E-state index is 0.00274. The molecule has 2 aliphatic rings. The lowest BCUT2D eigenvalue weighted by molar-refractivity contribution is -0.128. The Labute approximate surface area is 229 Å². The van der Waals surface area contributed by atoms with Crippen LogP contribution >= 0.6 is 0 Å². The van der Waals surface area contributed by atoms with Crippen LogP contribution in [-0.4, -0.2) is 45.3 Å². The normalized spacial score (nSPS) is 20.5. The molecule has 7 heteroatoms. The Kier molecular flexibility index (Phi) is 6.29. The average molecular weight is 520 g/mol. The number of carbonyl (C=O) groups excluding carboxylic acids is 2. The highest BCUT2D eigenvalue weighted by atomic mass is 16.2. The number of nitrogens with zero attached hydrogens (tertiary/aromatic N) is 5. The van der Waals surface area contributed by atoms with Gasteiger partial charge in [0.25, 0.3) is 0 Å². The summed E-state index contributed by atoms with van der Waals surface area (Å²) in [6.07, 6.45) is 3.78. The van der Waals surface area contributed by atoms with Gasteiger partial charge in [0.05, 0.1) is 23.6 Å². The van der Waals surface area contributed by atoms with Crippen LogP contribution in [0.4, 0.5) is 5.69 Å². The molecule has 1 spiro atoms. The molecule has 1 saturated heterocycles. The predicted molar refractivity (Wildman–Crippen MR) is 151 cm³/mol. The Morgan fingerprint density at radius 3 is 2.38 bits per heavy atom. The van der Waals surface area contributed by atoms with Gasteiger partial charge in [-0.1, -0.05) is 79.7 Å². The van der Waals surface area contributed by atoms with Gasteiger partial charge in [-0.2, -0.15) is 0 Å². The molecule has 39 heavy (non-hydrogen) atoms. The molecular formula is C32H33N5O2. The molecule has 3 heterocycles. The molecule has 1 unspecified atom stereocenters. The lowest BCUT2D eigenvalue weighted by Gasteiger charge is -2.33. The second-order valence-electron chi connectivity index (χ2n) is 11.1. The van der Waals surface area contributed by atoms with E-state index in [-0.39, 0.29) is 30.2 Å². The zero-order valence-corrected chi connectivity index (χ0v) is 22.6. The topological polar surface area (TPSA) is 71.3 Å². The Hall–Kier alpha value is -4.26. The summed E-state index contributed by atoms with van der Waals surface area (Å²) in [5, 5.41) is 8.84. The lowest BCUT2D eigenvalue weighted by Crippen LogP contribution is -2.45. The van der Waals surface area contributed by atoms with Crippen molar-refractivity contribution < 1.29 is 9.59 Å². The summed E-state index contributed by atoms with van der Waals surface area (Å²) in [7, 11) is 1.81. The number of anilines is 1. The molecule has 0 bridgehead atoms. The van der Waals surface area contributed by atoms with E-state index in [4.69, 9.17) is 0 Å². The second-order valence-corrected chi connectivity index (χ2v) is 11.1. The first kappa shape index (κ1) is 25.0. The number of carbonyl (C=O) groups is 2. The van der Waals surface area contributed by atoms with Gasteiger partial charge in [-0.15, -0.1) is 5.10 Å². The summed E-state index contributed by atoms with van der Waals surface area (Å²) < 4.78 is 1.78. The monoisotopic (exact) mass is 519 g/mol. The van der Waals surface area contributed by atoms with Crippen LogP contribution in [0.15, 0.2) is 85.1 Å². The maximum Gasteiger partial charge on any atom is 0.240 e. The summed E-state index contributed by atoms with van der Waals surface area (Å²) in [5.74, 6) is 0.255. The van der Waals surface area contributed by atoms with Gasteiger partial charge in [-0.25, -0.2) is 4.68 Å². The maximum absolute atomic E-state index is 14.4.